The van der Waals surface area contributed by atoms with Crippen LogP contribution in [0.15, 0.2) is 5.11 Å². The first kappa shape index (κ1) is 9.30. The average Bonchev–Trinajstić information content (AvgIpc) is 1.69. The van der Waals surface area contributed by atoms with E-state index in [4.69, 9.17) is 5.53 Å². The normalized spacial score (nSPS) is 3.57. The summed E-state index contributed by atoms with van der Waals surface area (Å²) in [5.74, 6) is 2.25. The van der Waals surface area contributed by atoms with Gasteiger partial charge < -0.3 is 0 Å². The van der Waals surface area contributed by atoms with Crippen LogP contribution in [0, 0.1) is 17.9 Å². The van der Waals surface area contributed by atoms with Gasteiger partial charge in [-0.2, -0.15) is 0 Å². The fourth-order valence-electron chi connectivity index (χ4n) is 0. The van der Waals surface area contributed by atoms with Crippen molar-refractivity contribution in [1.29, 1.82) is 5.53 Å². The summed E-state index contributed by atoms with van der Waals surface area (Å²) in [5.41, 5.74) is 5.91. The van der Waals surface area contributed by atoms with Crippen LogP contribution in [0.1, 0.15) is 6.92 Å². The summed E-state index contributed by atoms with van der Waals surface area (Å²) >= 11 is 0. The first-order valence-electron chi connectivity index (χ1n) is 1.66. The van der Waals surface area contributed by atoms with Crippen LogP contribution in [0.3, 0.4) is 0 Å². The SMILES string of the molecule is C#CC.CN=[N+]=N. The lowest BCUT2D eigenvalue weighted by Gasteiger charge is -1.23. The van der Waals surface area contributed by atoms with Gasteiger partial charge in [0.15, 0.2) is 0 Å². The molecular formula is C4H8N3+. The van der Waals surface area contributed by atoms with E-state index in [1.807, 2.05) is 0 Å². The molecule has 0 radical (unpaired) electrons. The molecule has 0 saturated heterocycles. The number of nitrogens with one attached hydrogen (secondary N) is 1. The number of hydrogen-bond donors (Lipinski definition) is 1. The second-order valence-electron chi connectivity index (χ2n) is 0.589. The topological polar surface area (TPSA) is 50.3 Å². The Morgan fingerprint density at radius 1 is 1.86 bits per heavy atom. The highest BCUT2D eigenvalue weighted by Crippen LogP contribution is 1.25. The third kappa shape index (κ3) is 2370. The molecule has 0 saturated carbocycles. The maximum Gasteiger partial charge on any atom is 0.213 e. The molecule has 0 amide bonds. The molecule has 3 heteroatoms. The van der Waals surface area contributed by atoms with Crippen LogP contribution in [0.2, 0.25) is 0 Å². The molecule has 7 heavy (non-hydrogen) atoms. The predicted molar refractivity (Wildman–Crippen MR) is 27.7 cm³/mol. The monoisotopic (exact) mass is 98.1 g/mol. The highest BCUT2D eigenvalue weighted by molar-refractivity contribution is 4.73. The zero-order valence-corrected chi connectivity index (χ0v) is 4.47. The van der Waals surface area contributed by atoms with Crippen LogP contribution in [0.5, 0.6) is 0 Å². The summed E-state index contributed by atoms with van der Waals surface area (Å²) in [7, 11) is 1.45. The van der Waals surface area contributed by atoms with Crippen molar-refractivity contribution in [2.24, 2.45) is 5.11 Å². The molecule has 3 nitrogen and oxygen atoms in total. The Morgan fingerprint density at radius 2 is 2.00 bits per heavy atom. The average molecular weight is 98.1 g/mol. The molecule has 0 aromatic rings. The second kappa shape index (κ2) is 20.9. The molecule has 0 bridgehead atoms. The molecule has 0 aliphatic rings. The number of hydrogen-bond acceptors (Lipinski definition) is 2. The minimum absolute atomic E-state index is 1.45. The fourth-order valence-corrected chi connectivity index (χ4v) is 0. The van der Waals surface area contributed by atoms with E-state index in [2.05, 4.69) is 22.4 Å². The largest absolute Gasteiger partial charge is 0.213 e. The van der Waals surface area contributed by atoms with Crippen molar-refractivity contribution in [1.82, 2.24) is 4.91 Å². The van der Waals surface area contributed by atoms with Gasteiger partial charge in [0.05, 0.1) is 0 Å². The van der Waals surface area contributed by atoms with Gasteiger partial charge >= 0.3 is 0 Å². The van der Waals surface area contributed by atoms with Crippen LogP contribution in [-0.2, 0) is 0 Å². The van der Waals surface area contributed by atoms with E-state index in [-0.39, 0.29) is 0 Å². The lowest BCUT2D eigenvalue weighted by atomic mass is 10.9. The Morgan fingerprint density at radius 3 is 2.00 bits per heavy atom. The van der Waals surface area contributed by atoms with Gasteiger partial charge in [-0.15, -0.1) is 12.3 Å². The van der Waals surface area contributed by atoms with E-state index < -0.39 is 0 Å². The summed E-state index contributed by atoms with van der Waals surface area (Å²) < 4.78 is 0. The van der Waals surface area contributed by atoms with Crippen LogP contribution < -0.4 is 4.91 Å². The summed E-state index contributed by atoms with van der Waals surface area (Å²) in [6.07, 6.45) is 4.60. The van der Waals surface area contributed by atoms with Crippen LogP contribution in [0.4, 0.5) is 0 Å². The fraction of sp³-hybridized carbons (Fsp3) is 0.500. The van der Waals surface area contributed by atoms with Gasteiger partial charge in [-0.25, -0.2) is 0 Å². The van der Waals surface area contributed by atoms with Crippen LogP contribution in [0.25, 0.3) is 0 Å². The predicted octanol–water partition coefficient (Wildman–Crippen LogP) is 0.806. The Balaban J connectivity index is 0. The van der Waals surface area contributed by atoms with E-state index >= 15 is 0 Å². The molecule has 0 aliphatic heterocycles. The molecule has 0 aromatic heterocycles. The van der Waals surface area contributed by atoms with E-state index in [0.29, 0.717) is 0 Å². The zero-order chi connectivity index (χ0) is 6.12. The highest BCUT2D eigenvalue weighted by atomic mass is 15.1. The second-order valence-corrected chi connectivity index (χ2v) is 0.589. The number of rotatable bonds is 0. The van der Waals surface area contributed by atoms with Gasteiger partial charge in [-0.1, -0.05) is 0 Å². The Hall–Kier alpha value is -1.13. The minimum atomic E-state index is 1.45. The van der Waals surface area contributed by atoms with Crippen molar-refractivity contribution in [3.8, 4) is 12.3 Å². The van der Waals surface area contributed by atoms with E-state index in [9.17, 15) is 0 Å². The lowest BCUT2D eigenvalue weighted by Crippen LogP contribution is -1.43. The van der Waals surface area contributed by atoms with Crippen molar-refractivity contribution in [2.75, 3.05) is 7.05 Å². The number of terminal acetylenes is 1. The molecule has 0 rings (SSSR count). The summed E-state index contributed by atoms with van der Waals surface area (Å²) in [6.45, 7) is 1.65. The first-order chi connectivity index (χ1) is 3.33. The molecule has 0 atom stereocenters. The summed E-state index contributed by atoms with van der Waals surface area (Å²) in [4.78, 5) is 2.61. The smallest absolute Gasteiger partial charge is 0.120 e. The molecule has 0 fully saturated rings. The van der Waals surface area contributed by atoms with Crippen molar-refractivity contribution in [2.45, 2.75) is 6.92 Å². The van der Waals surface area contributed by atoms with Gasteiger partial charge in [0.2, 0.25) is 4.91 Å². The van der Waals surface area contributed by atoms with Crippen molar-refractivity contribution >= 4 is 0 Å². The molecule has 0 unspecified atom stereocenters. The van der Waals surface area contributed by atoms with E-state index in [1.54, 1.807) is 6.92 Å². The van der Waals surface area contributed by atoms with Gasteiger partial charge in [0, 0.05) is 0 Å². The van der Waals surface area contributed by atoms with E-state index in [1.165, 1.54) is 7.05 Å². The number of nitrogens with zero attached hydrogens (tertiary/aromatic N) is 2. The van der Waals surface area contributed by atoms with Crippen molar-refractivity contribution in [3.63, 3.8) is 0 Å². The maximum atomic E-state index is 5.91. The lowest BCUT2D eigenvalue weighted by molar-refractivity contribution is 0.960. The van der Waals surface area contributed by atoms with Gasteiger partial charge in [0.1, 0.15) is 17.7 Å². The third-order valence-electron chi connectivity index (χ3n) is 0.100. The Labute approximate surface area is 43.0 Å². The third-order valence-corrected chi connectivity index (χ3v) is 0.100. The minimum Gasteiger partial charge on any atom is -0.120 e. The summed E-state index contributed by atoms with van der Waals surface area (Å²) in [5, 5.41) is 3.03. The molecule has 38 valence electrons. The van der Waals surface area contributed by atoms with Crippen molar-refractivity contribution in [3.05, 3.63) is 0 Å². The van der Waals surface area contributed by atoms with Crippen LogP contribution in [-0.4, -0.2) is 7.05 Å². The molecule has 0 aliphatic carbocycles. The molecule has 0 aromatic carbocycles. The maximum absolute atomic E-state index is 5.91. The molecule has 0 spiro atoms. The Bertz CT molecular complexity index is 94.0. The van der Waals surface area contributed by atoms with Crippen LogP contribution >= 0.6 is 0 Å². The molecule has 1 N–H and O–H groups in total. The first-order valence-corrected chi connectivity index (χ1v) is 1.66. The standard InChI is InChI=1S/C3H4.CH4N3/c1-3-2;1-3-4-2/h1H,2H3;2H,1H3/q;+1. The molecule has 0 heterocycles. The Kier molecular flexibility index (Phi) is 27.7. The highest BCUT2D eigenvalue weighted by Gasteiger charge is 1.45. The summed E-state index contributed by atoms with van der Waals surface area (Å²) in [6, 6.07) is 0. The van der Waals surface area contributed by atoms with Crippen molar-refractivity contribution < 1.29 is 0 Å². The molecular weight excluding hydrogens is 90.1 g/mol. The van der Waals surface area contributed by atoms with Gasteiger partial charge in [-0.3, -0.25) is 0 Å². The zero-order valence-electron chi connectivity index (χ0n) is 4.47. The van der Waals surface area contributed by atoms with Gasteiger partial charge in [-0.05, 0) is 6.92 Å². The van der Waals surface area contributed by atoms with Gasteiger partial charge in [0.25, 0.3) is 0 Å². The quantitative estimate of drug-likeness (QED) is 0.265. The van der Waals surface area contributed by atoms with E-state index in [0.717, 1.165) is 0 Å².